The number of rotatable bonds is 2. The summed E-state index contributed by atoms with van der Waals surface area (Å²) < 4.78 is 2.05. The van der Waals surface area contributed by atoms with Gasteiger partial charge >= 0.3 is 0 Å². The van der Waals surface area contributed by atoms with E-state index in [1.54, 1.807) is 0 Å². The SMILES string of the molecule is CC1CCC(n2cc(-c3ccc4cnccc4c3)nn2)C1. The van der Waals surface area contributed by atoms with E-state index in [9.17, 15) is 0 Å². The normalized spacial score (nSPS) is 22.0. The maximum absolute atomic E-state index is 4.36. The van der Waals surface area contributed by atoms with Crippen molar-refractivity contribution in [1.29, 1.82) is 0 Å². The Morgan fingerprint density at radius 3 is 2.95 bits per heavy atom. The predicted octanol–water partition coefficient (Wildman–Crippen LogP) is 3.85. The summed E-state index contributed by atoms with van der Waals surface area (Å²) >= 11 is 0. The van der Waals surface area contributed by atoms with Crippen LogP contribution in [0.1, 0.15) is 32.2 Å². The highest BCUT2D eigenvalue weighted by Gasteiger charge is 2.23. The molecule has 0 aliphatic heterocycles. The van der Waals surface area contributed by atoms with Gasteiger partial charge in [-0.15, -0.1) is 5.10 Å². The lowest BCUT2D eigenvalue weighted by Crippen LogP contribution is -2.05. The monoisotopic (exact) mass is 278 g/mol. The molecule has 0 bridgehead atoms. The first-order valence-corrected chi connectivity index (χ1v) is 7.55. The summed E-state index contributed by atoms with van der Waals surface area (Å²) in [6.07, 6.45) is 9.52. The van der Waals surface area contributed by atoms with Crippen molar-refractivity contribution in [3.8, 4) is 11.3 Å². The number of hydrogen-bond donors (Lipinski definition) is 0. The summed E-state index contributed by atoms with van der Waals surface area (Å²) in [5, 5.41) is 11.0. The smallest absolute Gasteiger partial charge is 0.113 e. The van der Waals surface area contributed by atoms with Crippen molar-refractivity contribution < 1.29 is 0 Å². The van der Waals surface area contributed by atoms with E-state index in [1.165, 1.54) is 24.6 Å². The largest absolute Gasteiger partial charge is 0.264 e. The van der Waals surface area contributed by atoms with Gasteiger partial charge in [0, 0.05) is 23.3 Å². The summed E-state index contributed by atoms with van der Waals surface area (Å²) in [5.41, 5.74) is 2.07. The highest BCUT2D eigenvalue weighted by Crippen LogP contribution is 2.34. The Bertz CT molecular complexity index is 777. The van der Waals surface area contributed by atoms with Gasteiger partial charge in [-0.25, -0.2) is 4.68 Å². The van der Waals surface area contributed by atoms with Crippen LogP contribution in [0.2, 0.25) is 0 Å². The molecule has 0 saturated heterocycles. The zero-order valence-corrected chi connectivity index (χ0v) is 12.1. The quantitative estimate of drug-likeness (QED) is 0.715. The van der Waals surface area contributed by atoms with Gasteiger partial charge < -0.3 is 0 Å². The minimum Gasteiger partial charge on any atom is -0.264 e. The van der Waals surface area contributed by atoms with Crippen molar-refractivity contribution in [3.63, 3.8) is 0 Å². The van der Waals surface area contributed by atoms with Gasteiger partial charge in [0.1, 0.15) is 5.69 Å². The molecule has 2 atom stereocenters. The van der Waals surface area contributed by atoms with Crippen LogP contribution in [0.25, 0.3) is 22.0 Å². The van der Waals surface area contributed by atoms with Crippen LogP contribution >= 0.6 is 0 Å². The lowest BCUT2D eigenvalue weighted by Gasteiger charge is -2.08. The Morgan fingerprint density at radius 2 is 2.10 bits per heavy atom. The first-order chi connectivity index (χ1) is 10.3. The van der Waals surface area contributed by atoms with Crippen molar-refractivity contribution in [1.82, 2.24) is 20.0 Å². The van der Waals surface area contributed by atoms with E-state index in [0.29, 0.717) is 6.04 Å². The summed E-state index contributed by atoms with van der Waals surface area (Å²) in [7, 11) is 0. The number of pyridine rings is 1. The van der Waals surface area contributed by atoms with Crippen molar-refractivity contribution in [2.75, 3.05) is 0 Å². The number of aromatic nitrogens is 4. The first kappa shape index (κ1) is 12.5. The number of hydrogen-bond acceptors (Lipinski definition) is 3. The molecule has 4 heteroatoms. The van der Waals surface area contributed by atoms with Crippen LogP contribution < -0.4 is 0 Å². The maximum Gasteiger partial charge on any atom is 0.113 e. The molecule has 21 heavy (non-hydrogen) atoms. The molecule has 3 aromatic rings. The van der Waals surface area contributed by atoms with Gasteiger partial charge in [0.15, 0.2) is 0 Å². The molecule has 0 spiro atoms. The minimum atomic E-state index is 0.519. The van der Waals surface area contributed by atoms with Crippen molar-refractivity contribution in [2.24, 2.45) is 5.92 Å². The number of nitrogens with zero attached hydrogens (tertiary/aromatic N) is 4. The lowest BCUT2D eigenvalue weighted by molar-refractivity contribution is 0.439. The van der Waals surface area contributed by atoms with E-state index in [0.717, 1.165) is 22.6 Å². The Hall–Kier alpha value is -2.23. The highest BCUT2D eigenvalue weighted by atomic mass is 15.4. The van der Waals surface area contributed by atoms with Gasteiger partial charge in [-0.3, -0.25) is 4.98 Å². The van der Waals surface area contributed by atoms with Crippen LogP contribution in [0.4, 0.5) is 0 Å². The van der Waals surface area contributed by atoms with Crippen LogP contribution in [0.15, 0.2) is 42.9 Å². The van der Waals surface area contributed by atoms with Crippen LogP contribution in [0, 0.1) is 5.92 Å². The van der Waals surface area contributed by atoms with Crippen LogP contribution in [-0.4, -0.2) is 20.0 Å². The van der Waals surface area contributed by atoms with Gasteiger partial charge in [-0.2, -0.15) is 0 Å². The van der Waals surface area contributed by atoms with Gasteiger partial charge in [0.05, 0.1) is 12.2 Å². The third-order valence-corrected chi connectivity index (χ3v) is 4.49. The molecule has 2 aromatic heterocycles. The second kappa shape index (κ2) is 4.95. The third kappa shape index (κ3) is 2.31. The Kier molecular flexibility index (Phi) is 2.95. The fourth-order valence-corrected chi connectivity index (χ4v) is 3.25. The number of fused-ring (bicyclic) bond motifs is 1. The standard InChI is InChI=1S/C17H18N4/c1-12-2-5-16(8-12)21-11-17(19-20-21)14-3-4-15-10-18-7-6-13(15)9-14/h3-4,6-7,9-12,16H,2,5,8H2,1H3. The molecular weight excluding hydrogens is 260 g/mol. The lowest BCUT2D eigenvalue weighted by atomic mass is 10.1. The molecule has 0 amide bonds. The van der Waals surface area contributed by atoms with Crippen molar-refractivity contribution in [2.45, 2.75) is 32.2 Å². The zero-order valence-electron chi connectivity index (χ0n) is 12.1. The summed E-state index contributed by atoms with van der Waals surface area (Å²) in [5.74, 6) is 0.802. The molecule has 1 aliphatic rings. The van der Waals surface area contributed by atoms with Crippen LogP contribution in [-0.2, 0) is 0 Å². The van der Waals surface area contributed by atoms with Crippen molar-refractivity contribution in [3.05, 3.63) is 42.9 Å². The molecule has 106 valence electrons. The van der Waals surface area contributed by atoms with E-state index < -0.39 is 0 Å². The Labute approximate surface area is 123 Å². The van der Waals surface area contributed by atoms with Gasteiger partial charge in [-0.1, -0.05) is 24.3 Å². The molecule has 0 radical (unpaired) electrons. The zero-order chi connectivity index (χ0) is 14.2. The second-order valence-electron chi connectivity index (χ2n) is 6.09. The van der Waals surface area contributed by atoms with E-state index in [-0.39, 0.29) is 0 Å². The molecule has 4 nitrogen and oxygen atoms in total. The van der Waals surface area contributed by atoms with Crippen LogP contribution in [0.5, 0.6) is 0 Å². The molecule has 0 N–H and O–H groups in total. The van der Waals surface area contributed by atoms with Crippen LogP contribution in [0.3, 0.4) is 0 Å². The Morgan fingerprint density at radius 1 is 1.14 bits per heavy atom. The molecule has 1 saturated carbocycles. The fraction of sp³-hybridized carbons (Fsp3) is 0.353. The number of benzene rings is 1. The third-order valence-electron chi connectivity index (χ3n) is 4.49. The predicted molar refractivity (Wildman–Crippen MR) is 82.8 cm³/mol. The summed E-state index contributed by atoms with van der Waals surface area (Å²) in [4.78, 5) is 4.15. The maximum atomic E-state index is 4.36. The summed E-state index contributed by atoms with van der Waals surface area (Å²) in [6.45, 7) is 2.31. The van der Waals surface area contributed by atoms with E-state index >= 15 is 0 Å². The topological polar surface area (TPSA) is 43.6 Å². The second-order valence-corrected chi connectivity index (χ2v) is 6.09. The Balaban J connectivity index is 1.67. The van der Waals surface area contributed by atoms with E-state index in [1.807, 2.05) is 18.5 Å². The van der Waals surface area contributed by atoms with E-state index in [4.69, 9.17) is 0 Å². The molecule has 1 aromatic carbocycles. The molecule has 1 aliphatic carbocycles. The average Bonchev–Trinajstić information content (AvgIpc) is 3.15. The molecular formula is C17H18N4. The minimum absolute atomic E-state index is 0.519. The van der Waals surface area contributed by atoms with Gasteiger partial charge in [0.2, 0.25) is 0 Å². The highest BCUT2D eigenvalue weighted by molar-refractivity contribution is 5.85. The van der Waals surface area contributed by atoms with Gasteiger partial charge in [0.25, 0.3) is 0 Å². The molecule has 1 fully saturated rings. The molecule has 4 rings (SSSR count). The fourth-order valence-electron chi connectivity index (χ4n) is 3.25. The van der Waals surface area contributed by atoms with Crippen molar-refractivity contribution >= 4 is 10.8 Å². The molecule has 2 heterocycles. The summed E-state index contributed by atoms with van der Waals surface area (Å²) in [6, 6.07) is 8.89. The average molecular weight is 278 g/mol. The first-order valence-electron chi connectivity index (χ1n) is 7.55. The molecule has 2 unspecified atom stereocenters. The van der Waals surface area contributed by atoms with Gasteiger partial charge in [-0.05, 0) is 42.7 Å². The van der Waals surface area contributed by atoms with E-state index in [2.05, 4.69) is 51.3 Å².